The summed E-state index contributed by atoms with van der Waals surface area (Å²) in [4.78, 5) is 10.8. The Balaban J connectivity index is 0.00000200. The van der Waals surface area contributed by atoms with E-state index in [1.165, 1.54) is 0 Å². The van der Waals surface area contributed by atoms with Gasteiger partial charge in [-0.3, -0.25) is 4.79 Å². The summed E-state index contributed by atoms with van der Waals surface area (Å²) in [5.74, 6) is -0.889. The molecule has 0 amide bonds. The van der Waals surface area contributed by atoms with E-state index < -0.39 is 5.97 Å². The van der Waals surface area contributed by atoms with Crippen LogP contribution in [0.1, 0.15) is 5.56 Å². The van der Waals surface area contributed by atoms with Gasteiger partial charge in [0.05, 0.1) is 22.2 Å². The van der Waals surface area contributed by atoms with Gasteiger partial charge in [-0.2, -0.15) is 0 Å². The Morgan fingerprint density at radius 3 is 2.25 bits per heavy atom. The Labute approximate surface area is 169 Å². The third-order valence-electron chi connectivity index (χ3n) is 2.58. The van der Waals surface area contributed by atoms with Gasteiger partial charge in [-0.15, -0.1) is 0 Å². The smallest absolute Gasteiger partial charge is 0.307 e. The van der Waals surface area contributed by atoms with Crippen LogP contribution in [0.25, 0.3) is 0 Å². The zero-order valence-electron chi connectivity index (χ0n) is 10.9. The quantitative estimate of drug-likeness (QED) is 0.831. The van der Waals surface area contributed by atoms with Crippen LogP contribution < -0.4 is 5.32 Å². The van der Waals surface area contributed by atoms with E-state index in [4.69, 9.17) is 28.3 Å². The van der Waals surface area contributed by atoms with E-state index in [1.54, 1.807) is 36.4 Å². The monoisotopic (exact) mass is 334 g/mol. The molecule has 0 spiro atoms. The van der Waals surface area contributed by atoms with Crippen LogP contribution in [-0.4, -0.2) is 62.5 Å². The maximum absolute atomic E-state index is 10.8. The van der Waals surface area contributed by atoms with Crippen molar-refractivity contribution in [1.82, 2.24) is 0 Å². The number of aliphatic carboxylic acids is 1. The van der Waals surface area contributed by atoms with E-state index in [9.17, 15) is 4.79 Å². The molecule has 3 nitrogen and oxygen atoms in total. The van der Waals surface area contributed by atoms with Gasteiger partial charge in [-0.25, -0.2) is 0 Å². The fourth-order valence-electron chi connectivity index (χ4n) is 1.71. The van der Waals surface area contributed by atoms with Crippen LogP contribution >= 0.6 is 23.2 Å². The number of hydrogen-bond donors (Lipinski definition) is 2. The molecule has 2 aromatic rings. The molecule has 1 radical (unpaired) electrons. The van der Waals surface area contributed by atoms with Crippen LogP contribution in [-0.2, 0) is 11.2 Å². The molecular formula is C14H11Cl2KNO2. The Kier molecular flexibility index (Phi) is 7.54. The Morgan fingerprint density at radius 2 is 1.65 bits per heavy atom. The minimum atomic E-state index is -0.889. The molecule has 0 saturated heterocycles. The number of carboxylic acid groups (broad SMARTS) is 1. The Hall–Kier alpha value is -0.0736. The summed E-state index contributed by atoms with van der Waals surface area (Å²) in [6.07, 6.45) is -0.0642. The van der Waals surface area contributed by atoms with Gasteiger partial charge >= 0.3 is 5.97 Å². The van der Waals surface area contributed by atoms with Crippen LogP contribution in [0, 0.1) is 0 Å². The maximum atomic E-state index is 10.8. The van der Waals surface area contributed by atoms with Gasteiger partial charge in [0.15, 0.2) is 0 Å². The largest absolute Gasteiger partial charge is 0.481 e. The standard InChI is InChI=1S/C14H11Cl2NO2.K/c15-10-5-3-6-11(16)14(10)17-12-7-2-1-4-9(12)8-13(18)19;/h1-7,17H,8H2,(H,18,19);. The van der Waals surface area contributed by atoms with Crippen LogP contribution in [0.3, 0.4) is 0 Å². The summed E-state index contributed by atoms with van der Waals surface area (Å²) in [5.41, 5.74) is 1.93. The molecule has 0 saturated carbocycles. The summed E-state index contributed by atoms with van der Waals surface area (Å²) in [7, 11) is 0. The molecule has 6 heteroatoms. The second-order valence-electron chi connectivity index (χ2n) is 3.95. The molecule has 0 bridgehead atoms. The molecular weight excluding hydrogens is 324 g/mol. The van der Waals surface area contributed by atoms with Gasteiger partial charge in [0.2, 0.25) is 0 Å². The van der Waals surface area contributed by atoms with E-state index in [0.29, 0.717) is 27.0 Å². The molecule has 20 heavy (non-hydrogen) atoms. The van der Waals surface area contributed by atoms with Crippen molar-refractivity contribution in [3.05, 3.63) is 58.1 Å². The third kappa shape index (κ3) is 4.74. The molecule has 0 atom stereocenters. The number of carboxylic acids is 1. The van der Waals surface area contributed by atoms with Crippen molar-refractivity contribution in [2.24, 2.45) is 0 Å². The van der Waals surface area contributed by atoms with Gasteiger partial charge in [-0.1, -0.05) is 47.5 Å². The van der Waals surface area contributed by atoms with E-state index in [0.717, 1.165) is 0 Å². The molecule has 0 unspecified atom stereocenters. The first-order chi connectivity index (χ1) is 9.08. The van der Waals surface area contributed by atoms with Gasteiger partial charge in [0, 0.05) is 57.1 Å². The van der Waals surface area contributed by atoms with E-state index >= 15 is 0 Å². The van der Waals surface area contributed by atoms with Gasteiger partial charge in [0.1, 0.15) is 0 Å². The molecule has 0 aliphatic rings. The van der Waals surface area contributed by atoms with E-state index in [1.807, 2.05) is 6.07 Å². The summed E-state index contributed by atoms with van der Waals surface area (Å²) in [6, 6.07) is 12.3. The zero-order valence-corrected chi connectivity index (χ0v) is 15.5. The first-order valence-corrected chi connectivity index (χ1v) is 6.34. The van der Waals surface area contributed by atoms with Crippen molar-refractivity contribution < 1.29 is 9.90 Å². The number of rotatable bonds is 4. The van der Waals surface area contributed by atoms with Crippen molar-refractivity contribution in [1.29, 1.82) is 0 Å². The number of halogens is 2. The molecule has 0 heterocycles. The molecule has 0 aliphatic heterocycles. The Morgan fingerprint density at radius 1 is 1.05 bits per heavy atom. The fraction of sp³-hybridized carbons (Fsp3) is 0.0714. The number of anilines is 2. The van der Waals surface area contributed by atoms with Crippen molar-refractivity contribution in [3.8, 4) is 0 Å². The summed E-state index contributed by atoms with van der Waals surface area (Å²) in [6.45, 7) is 0. The van der Waals surface area contributed by atoms with Crippen molar-refractivity contribution >= 4 is 91.9 Å². The summed E-state index contributed by atoms with van der Waals surface area (Å²) in [5, 5.41) is 12.9. The summed E-state index contributed by atoms with van der Waals surface area (Å²) < 4.78 is 0. The average Bonchev–Trinajstić information content (AvgIpc) is 2.35. The normalized spacial score (nSPS) is 9.70. The molecule has 99 valence electrons. The average molecular weight is 335 g/mol. The minimum Gasteiger partial charge on any atom is -0.481 e. The van der Waals surface area contributed by atoms with E-state index in [2.05, 4.69) is 5.32 Å². The van der Waals surface area contributed by atoms with Crippen molar-refractivity contribution in [2.45, 2.75) is 6.42 Å². The number of carbonyl (C=O) groups is 1. The van der Waals surface area contributed by atoms with Crippen LogP contribution in [0.5, 0.6) is 0 Å². The molecule has 2 aromatic carbocycles. The summed E-state index contributed by atoms with van der Waals surface area (Å²) >= 11 is 12.1. The molecule has 2 rings (SSSR count). The molecule has 0 aromatic heterocycles. The van der Waals surface area contributed by atoms with Crippen molar-refractivity contribution in [3.63, 3.8) is 0 Å². The van der Waals surface area contributed by atoms with Crippen LogP contribution in [0.15, 0.2) is 42.5 Å². The molecule has 2 N–H and O–H groups in total. The number of nitrogens with one attached hydrogen (secondary N) is 1. The first-order valence-electron chi connectivity index (χ1n) is 5.58. The van der Waals surface area contributed by atoms with Crippen molar-refractivity contribution in [2.75, 3.05) is 5.32 Å². The fourth-order valence-corrected chi connectivity index (χ4v) is 2.20. The zero-order chi connectivity index (χ0) is 13.8. The van der Waals surface area contributed by atoms with Gasteiger partial charge < -0.3 is 10.4 Å². The minimum absolute atomic E-state index is 0. The SMILES string of the molecule is O=C(O)Cc1ccccc1Nc1c(Cl)cccc1Cl.[K]. The van der Waals surface area contributed by atoms with Crippen LogP contribution in [0.4, 0.5) is 11.4 Å². The van der Waals surface area contributed by atoms with Gasteiger partial charge in [0.25, 0.3) is 0 Å². The third-order valence-corrected chi connectivity index (χ3v) is 3.21. The number of para-hydroxylation sites is 2. The maximum Gasteiger partial charge on any atom is 0.307 e. The van der Waals surface area contributed by atoms with Gasteiger partial charge in [-0.05, 0) is 23.8 Å². The second kappa shape index (κ2) is 8.39. The molecule has 0 fully saturated rings. The number of benzene rings is 2. The molecule has 0 aliphatic carbocycles. The predicted octanol–water partition coefficient (Wildman–Crippen LogP) is 3.98. The topological polar surface area (TPSA) is 49.3 Å². The predicted molar refractivity (Wildman–Crippen MR) is 83.3 cm³/mol. The van der Waals surface area contributed by atoms with E-state index in [-0.39, 0.29) is 57.8 Å². The Bertz CT molecular complexity index is 600. The second-order valence-corrected chi connectivity index (χ2v) is 4.76. The first kappa shape index (κ1) is 18.0. The number of hydrogen-bond acceptors (Lipinski definition) is 2. The van der Waals surface area contributed by atoms with Crippen LogP contribution in [0.2, 0.25) is 10.0 Å².